The van der Waals surface area contributed by atoms with Crippen molar-refractivity contribution >= 4 is 5.97 Å². The Morgan fingerprint density at radius 2 is 2.12 bits per heavy atom. The van der Waals surface area contributed by atoms with Gasteiger partial charge in [0.15, 0.2) is 0 Å². The number of hydrogen-bond acceptors (Lipinski definition) is 3. The van der Waals surface area contributed by atoms with Crippen LogP contribution in [-0.4, -0.2) is 18.6 Å². The van der Waals surface area contributed by atoms with Gasteiger partial charge in [0, 0.05) is 0 Å². The molecule has 1 aromatic rings. The molecule has 0 heterocycles. The number of carbonyl (C=O) groups is 1. The summed E-state index contributed by atoms with van der Waals surface area (Å²) in [5, 5.41) is 0. The molecule has 3 nitrogen and oxygen atoms in total. The molecule has 0 aromatic heterocycles. The van der Waals surface area contributed by atoms with E-state index in [0.29, 0.717) is 18.4 Å². The maximum Gasteiger partial charge on any atom is 0.325 e. The second kappa shape index (κ2) is 3.87. The Morgan fingerprint density at radius 1 is 1.50 bits per heavy atom. The third-order valence-corrected chi connectivity index (χ3v) is 3.16. The first-order chi connectivity index (χ1) is 7.57. The SMILES string of the molecule is COC(=O)C1(N)CC(c2ccccc2F)C1. The van der Waals surface area contributed by atoms with Gasteiger partial charge in [0.25, 0.3) is 0 Å². The number of nitrogens with two attached hydrogens (primary N) is 1. The fraction of sp³-hybridized carbons (Fsp3) is 0.417. The summed E-state index contributed by atoms with van der Waals surface area (Å²) in [6.45, 7) is 0. The first-order valence-electron chi connectivity index (χ1n) is 5.18. The van der Waals surface area contributed by atoms with Crippen molar-refractivity contribution in [3.63, 3.8) is 0 Å². The van der Waals surface area contributed by atoms with Crippen LogP contribution in [0.1, 0.15) is 24.3 Å². The number of rotatable bonds is 2. The minimum absolute atomic E-state index is 0.0188. The molecule has 1 fully saturated rings. The number of ether oxygens (including phenoxy) is 1. The lowest BCUT2D eigenvalue weighted by atomic mass is 9.66. The van der Waals surface area contributed by atoms with Gasteiger partial charge in [-0.2, -0.15) is 0 Å². The number of esters is 1. The van der Waals surface area contributed by atoms with Gasteiger partial charge in [0.05, 0.1) is 7.11 Å². The fourth-order valence-electron chi connectivity index (χ4n) is 2.22. The van der Waals surface area contributed by atoms with E-state index in [1.165, 1.54) is 13.2 Å². The zero-order valence-corrected chi connectivity index (χ0v) is 9.07. The van der Waals surface area contributed by atoms with E-state index in [0.717, 1.165) is 0 Å². The molecule has 0 radical (unpaired) electrons. The number of hydrogen-bond donors (Lipinski definition) is 1. The van der Waals surface area contributed by atoms with E-state index >= 15 is 0 Å². The second-order valence-electron chi connectivity index (χ2n) is 4.27. The smallest absolute Gasteiger partial charge is 0.325 e. The van der Waals surface area contributed by atoms with Gasteiger partial charge in [0.2, 0.25) is 0 Å². The number of benzene rings is 1. The molecular formula is C12H14FNO2. The van der Waals surface area contributed by atoms with Crippen LogP contribution in [0.5, 0.6) is 0 Å². The highest BCUT2D eigenvalue weighted by molar-refractivity contribution is 5.82. The van der Waals surface area contributed by atoms with Gasteiger partial charge >= 0.3 is 5.97 Å². The van der Waals surface area contributed by atoms with Crippen LogP contribution in [0.4, 0.5) is 4.39 Å². The van der Waals surface area contributed by atoms with E-state index < -0.39 is 11.5 Å². The summed E-state index contributed by atoms with van der Waals surface area (Å²) >= 11 is 0. The highest BCUT2D eigenvalue weighted by Crippen LogP contribution is 2.44. The molecule has 0 bridgehead atoms. The lowest BCUT2D eigenvalue weighted by Gasteiger charge is -2.42. The maximum atomic E-state index is 13.4. The normalized spacial score (nSPS) is 28.3. The molecule has 2 rings (SSSR count). The fourth-order valence-corrected chi connectivity index (χ4v) is 2.22. The van der Waals surface area contributed by atoms with Gasteiger partial charge in [-0.15, -0.1) is 0 Å². The van der Waals surface area contributed by atoms with Crippen LogP contribution in [0.3, 0.4) is 0 Å². The topological polar surface area (TPSA) is 52.3 Å². The summed E-state index contributed by atoms with van der Waals surface area (Å²) in [5.41, 5.74) is 5.54. The Morgan fingerprint density at radius 3 is 2.69 bits per heavy atom. The molecule has 1 aromatic carbocycles. The summed E-state index contributed by atoms with van der Waals surface area (Å²) in [6.07, 6.45) is 0.890. The van der Waals surface area contributed by atoms with Crippen molar-refractivity contribution in [2.45, 2.75) is 24.3 Å². The monoisotopic (exact) mass is 223 g/mol. The van der Waals surface area contributed by atoms with Crippen LogP contribution in [0, 0.1) is 5.82 Å². The van der Waals surface area contributed by atoms with E-state index in [1.54, 1.807) is 18.2 Å². The second-order valence-corrected chi connectivity index (χ2v) is 4.27. The van der Waals surface area contributed by atoms with E-state index in [-0.39, 0.29) is 11.7 Å². The van der Waals surface area contributed by atoms with Crippen LogP contribution < -0.4 is 5.73 Å². The van der Waals surface area contributed by atoms with Crippen molar-refractivity contribution in [2.75, 3.05) is 7.11 Å². The van der Waals surface area contributed by atoms with E-state index in [4.69, 9.17) is 5.73 Å². The molecule has 1 aliphatic rings. The first-order valence-corrected chi connectivity index (χ1v) is 5.18. The van der Waals surface area contributed by atoms with E-state index in [1.807, 2.05) is 0 Å². The highest BCUT2D eigenvalue weighted by atomic mass is 19.1. The number of carbonyl (C=O) groups excluding carboxylic acids is 1. The molecule has 0 saturated heterocycles. The molecule has 1 aliphatic carbocycles. The first kappa shape index (κ1) is 11.1. The largest absolute Gasteiger partial charge is 0.468 e. The Kier molecular flexibility index (Phi) is 2.68. The Bertz CT molecular complexity index is 413. The summed E-state index contributed by atoms with van der Waals surface area (Å²) in [4.78, 5) is 11.3. The molecule has 2 N–H and O–H groups in total. The number of methoxy groups -OCH3 is 1. The lowest BCUT2D eigenvalue weighted by Crippen LogP contribution is -2.57. The molecule has 16 heavy (non-hydrogen) atoms. The van der Waals surface area contributed by atoms with Gasteiger partial charge < -0.3 is 10.5 Å². The summed E-state index contributed by atoms with van der Waals surface area (Å²) in [6, 6.07) is 6.58. The van der Waals surface area contributed by atoms with Crippen LogP contribution in [0.25, 0.3) is 0 Å². The van der Waals surface area contributed by atoms with Crippen molar-refractivity contribution in [3.8, 4) is 0 Å². The van der Waals surface area contributed by atoms with Crippen LogP contribution in [0.15, 0.2) is 24.3 Å². The Balaban J connectivity index is 2.09. The quantitative estimate of drug-likeness (QED) is 0.774. The average molecular weight is 223 g/mol. The minimum Gasteiger partial charge on any atom is -0.468 e. The molecule has 0 aliphatic heterocycles. The molecule has 0 amide bonds. The summed E-state index contributed by atoms with van der Waals surface area (Å²) in [5.74, 6) is -0.634. The molecule has 86 valence electrons. The lowest BCUT2D eigenvalue weighted by molar-refractivity contribution is -0.151. The maximum absolute atomic E-state index is 13.4. The predicted molar refractivity (Wildman–Crippen MR) is 57.3 cm³/mol. The Hall–Kier alpha value is -1.42. The molecule has 1 saturated carbocycles. The minimum atomic E-state index is -0.929. The van der Waals surface area contributed by atoms with Crippen molar-refractivity contribution in [3.05, 3.63) is 35.6 Å². The molecule has 0 unspecified atom stereocenters. The summed E-state index contributed by atoms with van der Waals surface area (Å²) < 4.78 is 18.1. The van der Waals surface area contributed by atoms with Crippen LogP contribution >= 0.6 is 0 Å². The highest BCUT2D eigenvalue weighted by Gasteiger charge is 2.49. The van der Waals surface area contributed by atoms with Gasteiger partial charge in [-0.3, -0.25) is 4.79 Å². The van der Waals surface area contributed by atoms with Gasteiger partial charge in [-0.25, -0.2) is 4.39 Å². The van der Waals surface area contributed by atoms with Gasteiger partial charge in [-0.1, -0.05) is 18.2 Å². The van der Waals surface area contributed by atoms with Crippen LogP contribution in [-0.2, 0) is 9.53 Å². The van der Waals surface area contributed by atoms with Gasteiger partial charge in [-0.05, 0) is 30.4 Å². The van der Waals surface area contributed by atoms with Gasteiger partial charge in [0.1, 0.15) is 11.4 Å². The zero-order chi connectivity index (χ0) is 11.8. The van der Waals surface area contributed by atoms with E-state index in [2.05, 4.69) is 4.74 Å². The van der Waals surface area contributed by atoms with Crippen molar-refractivity contribution < 1.29 is 13.9 Å². The third kappa shape index (κ3) is 1.69. The predicted octanol–water partition coefficient (Wildman–Crippen LogP) is 1.57. The summed E-state index contributed by atoms with van der Waals surface area (Å²) in [7, 11) is 1.31. The Labute approximate surface area is 93.4 Å². The standard InChI is InChI=1S/C12H14FNO2/c1-16-11(15)12(14)6-8(7-12)9-4-2-3-5-10(9)13/h2-5,8H,6-7,14H2,1H3. The van der Waals surface area contributed by atoms with Crippen molar-refractivity contribution in [1.29, 1.82) is 0 Å². The van der Waals surface area contributed by atoms with Crippen LogP contribution in [0.2, 0.25) is 0 Å². The number of halogens is 1. The molecule has 0 spiro atoms. The van der Waals surface area contributed by atoms with E-state index in [9.17, 15) is 9.18 Å². The molecule has 4 heteroatoms. The van der Waals surface area contributed by atoms with Crippen molar-refractivity contribution in [1.82, 2.24) is 0 Å². The molecular weight excluding hydrogens is 209 g/mol. The average Bonchev–Trinajstić information content (AvgIpc) is 2.25. The zero-order valence-electron chi connectivity index (χ0n) is 9.07. The third-order valence-electron chi connectivity index (χ3n) is 3.16. The van der Waals surface area contributed by atoms with Crippen molar-refractivity contribution in [2.24, 2.45) is 5.73 Å². The molecule has 0 atom stereocenters.